The summed E-state index contributed by atoms with van der Waals surface area (Å²) >= 11 is 0. The summed E-state index contributed by atoms with van der Waals surface area (Å²) in [6, 6.07) is -1.53. The van der Waals surface area contributed by atoms with Crippen LogP contribution in [0.3, 0.4) is 0 Å². The molecule has 1 spiro atoms. The first-order valence-electron chi connectivity index (χ1n) is 11.9. The molecule has 0 radical (unpaired) electrons. The molecule has 10 nitrogen and oxygen atoms in total. The number of likely N-dealkylation sites (tertiary alicyclic amines) is 1. The number of carboxylic acids is 1. The Morgan fingerprint density at radius 3 is 2.70 bits per heavy atom. The number of aliphatic hydroxyl groups excluding tert-OH is 1. The Balaban J connectivity index is 1.65. The van der Waals surface area contributed by atoms with Crippen molar-refractivity contribution in [1.82, 2.24) is 14.7 Å². The molecule has 0 saturated carbocycles. The van der Waals surface area contributed by atoms with Crippen LogP contribution in [0.1, 0.15) is 26.2 Å². The van der Waals surface area contributed by atoms with Crippen molar-refractivity contribution in [1.29, 1.82) is 0 Å². The lowest BCUT2D eigenvalue weighted by Crippen LogP contribution is -2.59. The molecule has 33 heavy (non-hydrogen) atoms. The number of amides is 2. The topological polar surface area (TPSA) is 120 Å². The lowest BCUT2D eigenvalue weighted by atomic mass is 9.70. The van der Waals surface area contributed by atoms with Crippen LogP contribution in [0, 0.1) is 11.8 Å². The molecule has 4 aliphatic rings. The van der Waals surface area contributed by atoms with E-state index in [9.17, 15) is 24.6 Å². The lowest BCUT2D eigenvalue weighted by Gasteiger charge is -2.39. The summed E-state index contributed by atoms with van der Waals surface area (Å²) in [5, 5.41) is 19.9. The molecule has 0 aliphatic carbocycles. The fraction of sp³-hybridized carbons (Fsp3) is 0.783. The van der Waals surface area contributed by atoms with Crippen molar-refractivity contribution in [3.8, 4) is 0 Å². The number of hydrogen-bond donors (Lipinski definition) is 2. The molecule has 2 amide bonds. The summed E-state index contributed by atoms with van der Waals surface area (Å²) in [4.78, 5) is 45.0. The van der Waals surface area contributed by atoms with E-state index in [0.717, 1.165) is 13.1 Å². The maximum atomic E-state index is 14.0. The van der Waals surface area contributed by atoms with Crippen molar-refractivity contribution in [2.75, 3.05) is 52.5 Å². The van der Waals surface area contributed by atoms with Crippen LogP contribution < -0.4 is 0 Å². The number of fused-ring (bicyclic) bond motifs is 1. The molecule has 0 aromatic heterocycles. The van der Waals surface area contributed by atoms with E-state index in [0.29, 0.717) is 52.1 Å². The van der Waals surface area contributed by atoms with Gasteiger partial charge in [-0.2, -0.15) is 0 Å². The van der Waals surface area contributed by atoms with Crippen molar-refractivity contribution >= 4 is 17.8 Å². The zero-order chi connectivity index (χ0) is 23.8. The molecule has 10 heteroatoms. The van der Waals surface area contributed by atoms with Gasteiger partial charge in [0.05, 0.1) is 43.8 Å². The highest BCUT2D eigenvalue weighted by atomic mass is 16.5. The number of aliphatic hydroxyl groups is 1. The molecule has 4 aliphatic heterocycles. The largest absolute Gasteiger partial charge is 0.481 e. The minimum Gasteiger partial charge on any atom is -0.481 e. The number of hydrogen-bond acceptors (Lipinski definition) is 7. The van der Waals surface area contributed by atoms with E-state index in [4.69, 9.17) is 9.47 Å². The van der Waals surface area contributed by atoms with Crippen LogP contribution in [0.4, 0.5) is 0 Å². The smallest absolute Gasteiger partial charge is 0.310 e. The van der Waals surface area contributed by atoms with Gasteiger partial charge >= 0.3 is 5.97 Å². The van der Waals surface area contributed by atoms with E-state index in [-0.39, 0.29) is 12.5 Å². The average Bonchev–Trinajstić information content (AvgIpc) is 3.46. The number of carboxylic acid groups (broad SMARTS) is 1. The summed E-state index contributed by atoms with van der Waals surface area (Å²) < 4.78 is 11.6. The van der Waals surface area contributed by atoms with Gasteiger partial charge in [-0.3, -0.25) is 19.3 Å². The van der Waals surface area contributed by atoms with Gasteiger partial charge in [0.15, 0.2) is 0 Å². The first kappa shape index (κ1) is 24.1. The third-order valence-electron chi connectivity index (χ3n) is 7.78. The summed E-state index contributed by atoms with van der Waals surface area (Å²) in [5.74, 6) is -3.61. The minimum atomic E-state index is -1.16. The van der Waals surface area contributed by atoms with Crippen LogP contribution in [-0.2, 0) is 23.9 Å². The molecule has 0 aromatic carbocycles. The first-order valence-corrected chi connectivity index (χ1v) is 11.9. The monoisotopic (exact) mass is 465 g/mol. The minimum absolute atomic E-state index is 0.266. The lowest BCUT2D eigenvalue weighted by molar-refractivity contribution is -0.153. The van der Waals surface area contributed by atoms with Crippen LogP contribution in [0.15, 0.2) is 12.7 Å². The van der Waals surface area contributed by atoms with Gasteiger partial charge in [0.2, 0.25) is 11.8 Å². The number of morpholine rings is 1. The molecule has 4 fully saturated rings. The van der Waals surface area contributed by atoms with E-state index in [2.05, 4.69) is 11.5 Å². The second-order valence-corrected chi connectivity index (χ2v) is 9.41. The van der Waals surface area contributed by atoms with E-state index in [1.54, 1.807) is 11.0 Å². The second kappa shape index (κ2) is 9.69. The van der Waals surface area contributed by atoms with Gasteiger partial charge in [-0.25, -0.2) is 0 Å². The maximum absolute atomic E-state index is 14.0. The summed E-state index contributed by atoms with van der Waals surface area (Å²) in [7, 11) is 0. The Bertz CT molecular complexity index is 782. The highest BCUT2D eigenvalue weighted by Crippen LogP contribution is 2.59. The number of carbonyl (C=O) groups is 3. The van der Waals surface area contributed by atoms with Gasteiger partial charge < -0.3 is 29.5 Å². The van der Waals surface area contributed by atoms with Crippen LogP contribution in [0.5, 0.6) is 0 Å². The van der Waals surface area contributed by atoms with E-state index < -0.39 is 47.5 Å². The van der Waals surface area contributed by atoms with Gasteiger partial charge in [-0.05, 0) is 19.3 Å². The first-order chi connectivity index (χ1) is 15.9. The molecular weight excluding hydrogens is 430 g/mol. The van der Waals surface area contributed by atoms with Gasteiger partial charge in [0, 0.05) is 32.7 Å². The van der Waals surface area contributed by atoms with Crippen molar-refractivity contribution in [3.63, 3.8) is 0 Å². The Morgan fingerprint density at radius 1 is 1.36 bits per heavy atom. The summed E-state index contributed by atoms with van der Waals surface area (Å²) in [6.45, 7) is 9.67. The molecule has 0 aromatic rings. The number of aliphatic carboxylic acids is 1. The normalized spacial score (nSPS) is 34.4. The second-order valence-electron chi connectivity index (χ2n) is 9.41. The molecule has 2 N–H and O–H groups in total. The number of ether oxygens (including phenoxy) is 2. The Hall–Kier alpha value is -2.01. The molecule has 184 valence electrons. The molecule has 0 unspecified atom stereocenters. The standard InChI is InChI=1S/C23H35N3O7/c1-3-7-25(9-8-24-10-12-32-13-11-24)21(29)19-23-6-5-16(33-23)17(22(30)31)18(23)20(28)26(19)15(4-2)14-27/h3,15-19,27H,1,4-14H2,2H3,(H,30,31)/t15-,16-,17+,18+,19-,23+/m0/s1. The molecule has 6 atom stereocenters. The fourth-order valence-electron chi connectivity index (χ4n) is 6.17. The van der Waals surface area contributed by atoms with E-state index in [1.807, 2.05) is 6.92 Å². The quantitative estimate of drug-likeness (QED) is 0.417. The van der Waals surface area contributed by atoms with Gasteiger partial charge in [-0.1, -0.05) is 13.0 Å². The average molecular weight is 466 g/mol. The van der Waals surface area contributed by atoms with Gasteiger partial charge in [-0.15, -0.1) is 6.58 Å². The van der Waals surface area contributed by atoms with Crippen molar-refractivity contribution in [3.05, 3.63) is 12.7 Å². The van der Waals surface area contributed by atoms with Crippen LogP contribution in [0.25, 0.3) is 0 Å². The van der Waals surface area contributed by atoms with E-state index >= 15 is 0 Å². The fourth-order valence-corrected chi connectivity index (χ4v) is 6.17. The van der Waals surface area contributed by atoms with Crippen LogP contribution >= 0.6 is 0 Å². The predicted molar refractivity (Wildman–Crippen MR) is 117 cm³/mol. The third-order valence-corrected chi connectivity index (χ3v) is 7.78. The van der Waals surface area contributed by atoms with Crippen LogP contribution in [-0.4, -0.2) is 119 Å². The van der Waals surface area contributed by atoms with Crippen molar-refractivity contribution < 1.29 is 34.1 Å². The molecule has 4 rings (SSSR count). The highest BCUT2D eigenvalue weighted by molar-refractivity contribution is 5.98. The van der Waals surface area contributed by atoms with Crippen molar-refractivity contribution in [2.45, 2.75) is 50.0 Å². The zero-order valence-corrected chi connectivity index (χ0v) is 19.2. The number of nitrogens with zero attached hydrogens (tertiary/aromatic N) is 3. The SMILES string of the molecule is C=CCN(CCN1CCOCC1)C(=O)[C@@H]1N([C@@H](CC)CO)C(=O)[C@H]2[C@H](C(=O)O)[C@@H]3CC[C@]12O3. The maximum Gasteiger partial charge on any atom is 0.310 e. The Morgan fingerprint density at radius 2 is 2.09 bits per heavy atom. The third kappa shape index (κ3) is 3.96. The Labute approximate surface area is 194 Å². The van der Waals surface area contributed by atoms with Gasteiger partial charge in [0.1, 0.15) is 11.6 Å². The Kier molecular flexibility index (Phi) is 7.09. The van der Waals surface area contributed by atoms with E-state index in [1.165, 1.54) is 4.90 Å². The molecular formula is C23H35N3O7. The molecule has 4 heterocycles. The molecule has 2 bridgehead atoms. The predicted octanol–water partition coefficient (Wildman–Crippen LogP) is -0.437. The zero-order valence-electron chi connectivity index (χ0n) is 19.2. The summed E-state index contributed by atoms with van der Waals surface area (Å²) in [5.41, 5.74) is -1.16. The summed E-state index contributed by atoms with van der Waals surface area (Å²) in [6.07, 6.45) is 2.50. The molecule has 4 saturated heterocycles. The van der Waals surface area contributed by atoms with Crippen LogP contribution in [0.2, 0.25) is 0 Å². The van der Waals surface area contributed by atoms with Gasteiger partial charge in [0.25, 0.3) is 0 Å². The van der Waals surface area contributed by atoms with Crippen molar-refractivity contribution in [2.24, 2.45) is 11.8 Å². The highest BCUT2D eigenvalue weighted by Gasteiger charge is 2.75. The number of rotatable bonds is 10. The number of carbonyl (C=O) groups excluding carboxylic acids is 2.